The summed E-state index contributed by atoms with van der Waals surface area (Å²) in [5.41, 5.74) is 1.23. The molecule has 5 heteroatoms. The molecule has 1 aromatic carbocycles. The predicted octanol–water partition coefficient (Wildman–Crippen LogP) is 2.44. The highest BCUT2D eigenvalue weighted by Crippen LogP contribution is 2.29. The molecule has 0 spiro atoms. The normalized spacial score (nSPS) is 18.5. The standard InChI is InChI=1S/C18H28N2O3/c1-4-23-17-8-7-15(10-18(17)22-3)12-20-9-5-6-16(13-20)11-19-14(2)21/h7-8,10,16H,4-6,9,11-13H2,1-3H3,(H,19,21). The van der Waals surface area contributed by atoms with E-state index >= 15 is 0 Å². The lowest BCUT2D eigenvalue weighted by Gasteiger charge is -2.32. The Morgan fingerprint density at radius 1 is 1.39 bits per heavy atom. The van der Waals surface area contributed by atoms with Crippen LogP contribution in [0.5, 0.6) is 11.5 Å². The van der Waals surface area contributed by atoms with Crippen molar-refractivity contribution in [2.45, 2.75) is 33.2 Å². The summed E-state index contributed by atoms with van der Waals surface area (Å²) in [7, 11) is 1.67. The molecule has 1 aliphatic heterocycles. The van der Waals surface area contributed by atoms with Crippen LogP contribution in [0.1, 0.15) is 32.3 Å². The van der Waals surface area contributed by atoms with Crippen LogP contribution in [0.2, 0.25) is 0 Å². The summed E-state index contributed by atoms with van der Waals surface area (Å²) in [5, 5.41) is 2.94. The van der Waals surface area contributed by atoms with E-state index in [2.05, 4.69) is 22.3 Å². The highest BCUT2D eigenvalue weighted by molar-refractivity contribution is 5.72. The lowest BCUT2D eigenvalue weighted by Crippen LogP contribution is -2.40. The number of nitrogens with zero attached hydrogens (tertiary/aromatic N) is 1. The van der Waals surface area contributed by atoms with E-state index in [-0.39, 0.29) is 5.91 Å². The molecule has 128 valence electrons. The zero-order valence-corrected chi connectivity index (χ0v) is 14.4. The molecule has 2 rings (SSSR count). The van der Waals surface area contributed by atoms with Gasteiger partial charge in [-0.2, -0.15) is 0 Å². The van der Waals surface area contributed by atoms with Gasteiger partial charge in [0.15, 0.2) is 11.5 Å². The number of benzene rings is 1. The summed E-state index contributed by atoms with van der Waals surface area (Å²) in [5.74, 6) is 2.17. The molecule has 1 unspecified atom stereocenters. The first-order valence-corrected chi connectivity index (χ1v) is 8.38. The van der Waals surface area contributed by atoms with E-state index in [1.807, 2.05) is 13.0 Å². The van der Waals surface area contributed by atoms with Crippen molar-refractivity contribution in [3.63, 3.8) is 0 Å². The molecular formula is C18H28N2O3. The summed E-state index contributed by atoms with van der Waals surface area (Å²) in [6.07, 6.45) is 2.36. The quantitative estimate of drug-likeness (QED) is 0.838. The molecule has 1 aliphatic rings. The Morgan fingerprint density at radius 3 is 2.91 bits per heavy atom. The van der Waals surface area contributed by atoms with Crippen LogP contribution in [0, 0.1) is 5.92 Å². The molecule has 0 aromatic heterocycles. The van der Waals surface area contributed by atoms with Gasteiger partial charge in [-0.05, 0) is 49.9 Å². The molecule has 1 N–H and O–H groups in total. The van der Waals surface area contributed by atoms with Gasteiger partial charge in [0.05, 0.1) is 13.7 Å². The number of hydrogen-bond acceptors (Lipinski definition) is 4. The summed E-state index contributed by atoms with van der Waals surface area (Å²) in [6, 6.07) is 6.14. The molecule has 5 nitrogen and oxygen atoms in total. The first kappa shape index (κ1) is 17.6. The zero-order valence-electron chi connectivity index (χ0n) is 14.4. The maximum atomic E-state index is 11.1. The Morgan fingerprint density at radius 2 is 2.22 bits per heavy atom. The molecule has 0 saturated carbocycles. The second-order valence-corrected chi connectivity index (χ2v) is 6.10. The van der Waals surface area contributed by atoms with Crippen LogP contribution in [-0.2, 0) is 11.3 Å². The second kappa shape index (κ2) is 8.77. The molecular weight excluding hydrogens is 292 g/mol. The number of methoxy groups -OCH3 is 1. The van der Waals surface area contributed by atoms with Crippen molar-refractivity contribution in [3.05, 3.63) is 23.8 Å². The van der Waals surface area contributed by atoms with Crippen LogP contribution in [0.15, 0.2) is 18.2 Å². The number of piperidine rings is 1. The largest absolute Gasteiger partial charge is 0.493 e. The number of ether oxygens (including phenoxy) is 2. The van der Waals surface area contributed by atoms with Gasteiger partial charge in [-0.3, -0.25) is 9.69 Å². The number of carbonyl (C=O) groups is 1. The van der Waals surface area contributed by atoms with Crippen LogP contribution in [-0.4, -0.2) is 44.2 Å². The fraction of sp³-hybridized carbons (Fsp3) is 0.611. The number of rotatable bonds is 7. The summed E-state index contributed by atoms with van der Waals surface area (Å²) < 4.78 is 11.0. The maximum Gasteiger partial charge on any atom is 0.216 e. The summed E-state index contributed by atoms with van der Waals surface area (Å²) in [4.78, 5) is 13.5. The fourth-order valence-corrected chi connectivity index (χ4v) is 3.09. The minimum Gasteiger partial charge on any atom is -0.493 e. The van der Waals surface area contributed by atoms with Crippen LogP contribution < -0.4 is 14.8 Å². The van der Waals surface area contributed by atoms with Gasteiger partial charge in [0.25, 0.3) is 0 Å². The van der Waals surface area contributed by atoms with E-state index in [1.54, 1.807) is 14.0 Å². The fourth-order valence-electron chi connectivity index (χ4n) is 3.09. The molecule has 1 heterocycles. The average Bonchev–Trinajstić information content (AvgIpc) is 2.55. The van der Waals surface area contributed by atoms with Crippen molar-refractivity contribution < 1.29 is 14.3 Å². The minimum absolute atomic E-state index is 0.0540. The van der Waals surface area contributed by atoms with E-state index in [0.717, 1.165) is 37.7 Å². The third-order valence-corrected chi connectivity index (χ3v) is 4.18. The minimum atomic E-state index is 0.0540. The van der Waals surface area contributed by atoms with Gasteiger partial charge in [-0.1, -0.05) is 6.07 Å². The molecule has 1 amide bonds. The number of likely N-dealkylation sites (tertiary alicyclic amines) is 1. The van der Waals surface area contributed by atoms with Crippen molar-refractivity contribution in [3.8, 4) is 11.5 Å². The van der Waals surface area contributed by atoms with Gasteiger partial charge in [-0.25, -0.2) is 0 Å². The van der Waals surface area contributed by atoms with Gasteiger partial charge in [0.1, 0.15) is 0 Å². The van der Waals surface area contributed by atoms with Gasteiger partial charge in [0.2, 0.25) is 5.91 Å². The van der Waals surface area contributed by atoms with Crippen LogP contribution >= 0.6 is 0 Å². The molecule has 1 saturated heterocycles. The predicted molar refractivity (Wildman–Crippen MR) is 90.8 cm³/mol. The lowest BCUT2D eigenvalue weighted by atomic mass is 9.97. The monoisotopic (exact) mass is 320 g/mol. The highest BCUT2D eigenvalue weighted by Gasteiger charge is 2.20. The van der Waals surface area contributed by atoms with Crippen LogP contribution in [0.25, 0.3) is 0 Å². The van der Waals surface area contributed by atoms with Crippen molar-refractivity contribution in [1.82, 2.24) is 10.2 Å². The topological polar surface area (TPSA) is 50.8 Å². The number of carbonyl (C=O) groups excluding carboxylic acids is 1. The lowest BCUT2D eigenvalue weighted by molar-refractivity contribution is -0.119. The molecule has 0 bridgehead atoms. The molecule has 23 heavy (non-hydrogen) atoms. The summed E-state index contributed by atoms with van der Waals surface area (Å²) in [6.45, 7) is 7.98. The third kappa shape index (κ3) is 5.43. The van der Waals surface area contributed by atoms with Gasteiger partial charge in [-0.15, -0.1) is 0 Å². The van der Waals surface area contributed by atoms with E-state index in [1.165, 1.54) is 18.4 Å². The van der Waals surface area contributed by atoms with Gasteiger partial charge >= 0.3 is 0 Å². The van der Waals surface area contributed by atoms with Crippen LogP contribution in [0.3, 0.4) is 0 Å². The molecule has 0 radical (unpaired) electrons. The molecule has 1 aromatic rings. The average molecular weight is 320 g/mol. The Kier molecular flexibility index (Phi) is 6.71. The van der Waals surface area contributed by atoms with Crippen LogP contribution in [0.4, 0.5) is 0 Å². The van der Waals surface area contributed by atoms with Gasteiger partial charge in [0, 0.05) is 26.6 Å². The Labute approximate surface area is 139 Å². The Balaban J connectivity index is 1.94. The van der Waals surface area contributed by atoms with E-state index in [0.29, 0.717) is 12.5 Å². The second-order valence-electron chi connectivity index (χ2n) is 6.10. The first-order valence-electron chi connectivity index (χ1n) is 8.38. The molecule has 1 fully saturated rings. The zero-order chi connectivity index (χ0) is 16.7. The van der Waals surface area contributed by atoms with Crippen molar-refractivity contribution in [2.24, 2.45) is 5.92 Å². The Bertz CT molecular complexity index is 519. The Hall–Kier alpha value is -1.75. The number of nitrogens with one attached hydrogen (secondary N) is 1. The maximum absolute atomic E-state index is 11.1. The van der Waals surface area contributed by atoms with E-state index in [4.69, 9.17) is 9.47 Å². The van der Waals surface area contributed by atoms with E-state index < -0.39 is 0 Å². The SMILES string of the molecule is CCOc1ccc(CN2CCCC(CNC(C)=O)C2)cc1OC. The smallest absolute Gasteiger partial charge is 0.216 e. The first-order chi connectivity index (χ1) is 11.1. The third-order valence-electron chi connectivity index (χ3n) is 4.18. The van der Waals surface area contributed by atoms with E-state index in [9.17, 15) is 4.79 Å². The summed E-state index contributed by atoms with van der Waals surface area (Å²) >= 11 is 0. The van der Waals surface area contributed by atoms with Crippen molar-refractivity contribution in [2.75, 3.05) is 33.4 Å². The molecule has 0 aliphatic carbocycles. The van der Waals surface area contributed by atoms with Gasteiger partial charge < -0.3 is 14.8 Å². The van der Waals surface area contributed by atoms with Crippen molar-refractivity contribution in [1.29, 1.82) is 0 Å². The number of hydrogen-bond donors (Lipinski definition) is 1. The highest BCUT2D eigenvalue weighted by atomic mass is 16.5. The number of amides is 1. The van der Waals surface area contributed by atoms with Crippen molar-refractivity contribution >= 4 is 5.91 Å². The molecule has 1 atom stereocenters.